The summed E-state index contributed by atoms with van der Waals surface area (Å²) in [6.45, 7) is 0.955. The highest BCUT2D eigenvalue weighted by molar-refractivity contribution is 6.01. The monoisotopic (exact) mass is 481 g/mol. The van der Waals surface area contributed by atoms with Gasteiger partial charge >= 0.3 is 0 Å². The zero-order valence-corrected chi connectivity index (χ0v) is 20.3. The Morgan fingerprint density at radius 2 is 1.36 bits per heavy atom. The number of aliphatic hydroxyl groups is 1. The molecule has 0 spiro atoms. The van der Waals surface area contributed by atoms with Gasteiger partial charge in [-0.25, -0.2) is 0 Å². The number of Topliss-reactive ketones (excluding diaryl/α,β-unsaturated/α-hetero) is 2. The molecule has 1 N–H and O–H groups in total. The number of carbonyl (C=O) groups is 3. The van der Waals surface area contributed by atoms with Crippen molar-refractivity contribution in [2.24, 2.45) is 17.8 Å². The molecule has 0 radical (unpaired) electrons. The van der Waals surface area contributed by atoms with Crippen LogP contribution in [0.2, 0.25) is 0 Å². The van der Waals surface area contributed by atoms with E-state index in [2.05, 4.69) is 0 Å². The van der Waals surface area contributed by atoms with E-state index < -0.39 is 23.4 Å². The highest BCUT2D eigenvalue weighted by Crippen LogP contribution is 2.50. The van der Waals surface area contributed by atoms with E-state index >= 15 is 0 Å². The van der Waals surface area contributed by atoms with Crippen LogP contribution in [0.15, 0.2) is 91.0 Å². The summed E-state index contributed by atoms with van der Waals surface area (Å²) in [5, 5.41) is 12.5. The normalized spacial score (nSPS) is 26.1. The van der Waals surface area contributed by atoms with Gasteiger partial charge in [-0.2, -0.15) is 0 Å². The Labute approximate surface area is 211 Å². The molecule has 36 heavy (non-hydrogen) atoms. The van der Waals surface area contributed by atoms with Crippen LogP contribution in [-0.4, -0.2) is 40.6 Å². The molecule has 2 aliphatic rings. The minimum atomic E-state index is -1.51. The summed E-state index contributed by atoms with van der Waals surface area (Å²) in [7, 11) is 0. The Bertz CT molecular complexity index is 1230. The summed E-state index contributed by atoms with van der Waals surface area (Å²) in [4.78, 5) is 42.0. The predicted octanol–water partition coefficient (Wildman–Crippen LogP) is 4.90. The average Bonchev–Trinajstić information content (AvgIpc) is 3.34. The lowest BCUT2D eigenvalue weighted by Crippen LogP contribution is -2.55. The number of nitrogens with zero attached hydrogens (tertiary/aromatic N) is 1. The number of benzene rings is 3. The van der Waals surface area contributed by atoms with Crippen molar-refractivity contribution in [3.63, 3.8) is 0 Å². The molecular formula is C31H31NO4. The molecule has 4 atom stereocenters. The molecule has 0 unspecified atom stereocenters. The first kappa shape index (κ1) is 24.1. The highest BCUT2D eigenvalue weighted by atomic mass is 16.3. The fourth-order valence-electron chi connectivity index (χ4n) is 6.05. The van der Waals surface area contributed by atoms with Gasteiger partial charge in [-0.15, -0.1) is 0 Å². The molecule has 1 amide bonds. The third-order valence-electron chi connectivity index (χ3n) is 7.90. The summed E-state index contributed by atoms with van der Waals surface area (Å²) < 4.78 is 0. The largest absolute Gasteiger partial charge is 0.384 e. The molecule has 184 valence electrons. The van der Waals surface area contributed by atoms with Gasteiger partial charge in [0.2, 0.25) is 5.91 Å². The topological polar surface area (TPSA) is 74.7 Å². The summed E-state index contributed by atoms with van der Waals surface area (Å²) in [5.74, 6) is -1.85. The van der Waals surface area contributed by atoms with Gasteiger partial charge in [0.1, 0.15) is 5.60 Å². The second kappa shape index (κ2) is 10.2. The summed E-state index contributed by atoms with van der Waals surface area (Å²) >= 11 is 0. The van der Waals surface area contributed by atoms with Crippen LogP contribution in [0.4, 0.5) is 0 Å². The predicted molar refractivity (Wildman–Crippen MR) is 137 cm³/mol. The molecule has 1 heterocycles. The van der Waals surface area contributed by atoms with Crippen molar-refractivity contribution in [2.75, 3.05) is 13.1 Å². The van der Waals surface area contributed by atoms with Crippen molar-refractivity contribution >= 4 is 17.5 Å². The number of hydrogen-bond acceptors (Lipinski definition) is 4. The molecule has 5 nitrogen and oxygen atoms in total. The van der Waals surface area contributed by atoms with Crippen molar-refractivity contribution in [1.29, 1.82) is 0 Å². The quantitative estimate of drug-likeness (QED) is 0.487. The second-order valence-corrected chi connectivity index (χ2v) is 10.0. The Kier molecular flexibility index (Phi) is 6.84. The van der Waals surface area contributed by atoms with E-state index in [0.29, 0.717) is 42.6 Å². The third kappa shape index (κ3) is 4.51. The number of carbonyl (C=O) groups excluding carboxylic acids is 3. The van der Waals surface area contributed by atoms with Crippen molar-refractivity contribution in [2.45, 2.75) is 31.3 Å². The zero-order chi connectivity index (χ0) is 25.1. The SMILES string of the molecule is O=C(c1ccccc1)[C@H]1C[C@H](CN2CCCC2=O)[C@@](O)(c2ccccc2)[C@H](C(=O)c2ccccc2)C1. The minimum absolute atomic E-state index is 0.0191. The molecule has 0 bridgehead atoms. The summed E-state index contributed by atoms with van der Waals surface area (Å²) in [6.07, 6.45) is 1.93. The van der Waals surface area contributed by atoms with Crippen LogP contribution in [0, 0.1) is 17.8 Å². The van der Waals surface area contributed by atoms with Gasteiger partial charge in [-0.05, 0) is 24.8 Å². The smallest absolute Gasteiger partial charge is 0.222 e. The maximum absolute atomic E-state index is 14.0. The van der Waals surface area contributed by atoms with Gasteiger partial charge in [-0.1, -0.05) is 91.0 Å². The van der Waals surface area contributed by atoms with Gasteiger partial charge in [0, 0.05) is 42.5 Å². The summed E-state index contributed by atoms with van der Waals surface area (Å²) in [5.41, 5.74) is 0.265. The molecule has 5 heteroatoms. The summed E-state index contributed by atoms with van der Waals surface area (Å²) in [6, 6.07) is 27.4. The lowest BCUT2D eigenvalue weighted by Gasteiger charge is -2.49. The van der Waals surface area contributed by atoms with Crippen LogP contribution in [0.5, 0.6) is 0 Å². The lowest BCUT2D eigenvalue weighted by atomic mass is 9.59. The van der Waals surface area contributed by atoms with E-state index in [1.165, 1.54) is 0 Å². The Hall–Kier alpha value is -3.57. The van der Waals surface area contributed by atoms with Gasteiger partial charge in [0.25, 0.3) is 0 Å². The van der Waals surface area contributed by atoms with Crippen LogP contribution >= 0.6 is 0 Å². The van der Waals surface area contributed by atoms with E-state index in [1.54, 1.807) is 29.2 Å². The van der Waals surface area contributed by atoms with Crippen LogP contribution < -0.4 is 0 Å². The molecule has 0 aromatic heterocycles. The molecule has 3 aromatic rings. The van der Waals surface area contributed by atoms with Crippen LogP contribution in [-0.2, 0) is 10.4 Å². The highest BCUT2D eigenvalue weighted by Gasteiger charge is 2.55. The zero-order valence-electron chi connectivity index (χ0n) is 20.3. The number of likely N-dealkylation sites (tertiary alicyclic amines) is 1. The molecule has 1 saturated heterocycles. The Balaban J connectivity index is 1.60. The van der Waals surface area contributed by atoms with Gasteiger partial charge in [0.15, 0.2) is 11.6 Å². The second-order valence-electron chi connectivity index (χ2n) is 10.0. The number of rotatable bonds is 7. The van der Waals surface area contributed by atoms with Crippen molar-refractivity contribution in [3.05, 3.63) is 108 Å². The molecule has 1 aliphatic carbocycles. The van der Waals surface area contributed by atoms with Gasteiger partial charge < -0.3 is 10.0 Å². The standard InChI is InChI=1S/C31H31NO4/c33-28-17-10-18-32(28)21-26-19-24(29(34)22-11-4-1-5-12-22)20-27(30(35)23-13-6-2-7-14-23)31(26,36)25-15-8-3-9-16-25/h1-9,11-16,24,26-27,36H,10,17-21H2/t24-,26+,27-,31-/m0/s1. The van der Waals surface area contributed by atoms with Crippen molar-refractivity contribution < 1.29 is 19.5 Å². The first-order valence-electron chi connectivity index (χ1n) is 12.7. The van der Waals surface area contributed by atoms with Crippen LogP contribution in [0.25, 0.3) is 0 Å². The molecule has 1 aliphatic heterocycles. The number of hydrogen-bond donors (Lipinski definition) is 1. The molecule has 3 aromatic carbocycles. The van der Waals surface area contributed by atoms with Gasteiger partial charge in [-0.3, -0.25) is 14.4 Å². The fourth-order valence-corrected chi connectivity index (χ4v) is 6.05. The first-order chi connectivity index (χ1) is 17.5. The molecule has 1 saturated carbocycles. The third-order valence-corrected chi connectivity index (χ3v) is 7.90. The van der Waals surface area contributed by atoms with E-state index in [4.69, 9.17) is 0 Å². The molecule has 5 rings (SSSR count). The maximum Gasteiger partial charge on any atom is 0.222 e. The molecule has 2 fully saturated rings. The minimum Gasteiger partial charge on any atom is -0.384 e. The molecular weight excluding hydrogens is 450 g/mol. The maximum atomic E-state index is 14.0. The van der Waals surface area contributed by atoms with E-state index in [0.717, 1.165) is 6.42 Å². The average molecular weight is 482 g/mol. The Morgan fingerprint density at radius 3 is 1.92 bits per heavy atom. The van der Waals surface area contributed by atoms with E-state index in [1.807, 2.05) is 66.7 Å². The van der Waals surface area contributed by atoms with E-state index in [-0.39, 0.29) is 23.9 Å². The Morgan fingerprint density at radius 1 is 0.806 bits per heavy atom. The van der Waals surface area contributed by atoms with E-state index in [9.17, 15) is 19.5 Å². The lowest BCUT2D eigenvalue weighted by molar-refractivity contribution is -0.134. The number of ketones is 2. The van der Waals surface area contributed by atoms with Crippen molar-refractivity contribution in [1.82, 2.24) is 4.90 Å². The number of amides is 1. The van der Waals surface area contributed by atoms with Gasteiger partial charge in [0.05, 0.1) is 5.92 Å². The fraction of sp³-hybridized carbons (Fsp3) is 0.323. The first-order valence-corrected chi connectivity index (χ1v) is 12.7. The van der Waals surface area contributed by atoms with Crippen LogP contribution in [0.3, 0.4) is 0 Å². The van der Waals surface area contributed by atoms with Crippen LogP contribution in [0.1, 0.15) is 52.0 Å². The van der Waals surface area contributed by atoms with Crippen molar-refractivity contribution in [3.8, 4) is 0 Å².